The third-order valence-electron chi connectivity index (χ3n) is 4.06. The van der Waals surface area contributed by atoms with Crippen LogP contribution in [0.25, 0.3) is 0 Å². The average molecular weight is 429 g/mol. The van der Waals surface area contributed by atoms with Crippen LogP contribution in [0.15, 0.2) is 47.8 Å². The number of alkyl halides is 1. The lowest BCUT2D eigenvalue weighted by Crippen LogP contribution is -2.44. The molecule has 1 heterocycles. The molecule has 2 atom stereocenters. The standard InChI is InChI=1S/C18H21FNO6PS/c1-3-25-27(24,26-4-2)18(19,17(21)16-11-8-12-28-16)15(13-20(22)23)14-9-6-5-7-10-14/h5-12,15H,3-4,13H2,1-2H3/t15-,18-/m1/s1. The van der Waals surface area contributed by atoms with Gasteiger partial charge in [0.15, 0.2) is 0 Å². The summed E-state index contributed by atoms with van der Waals surface area (Å²) in [6.07, 6.45) is 0. The first kappa shape index (κ1) is 22.4. The Hall–Kier alpha value is -1.93. The Bertz CT molecular complexity index is 837. The Morgan fingerprint density at radius 1 is 1.21 bits per heavy atom. The van der Waals surface area contributed by atoms with E-state index in [1.165, 1.54) is 38.1 Å². The van der Waals surface area contributed by atoms with Crippen LogP contribution >= 0.6 is 18.9 Å². The van der Waals surface area contributed by atoms with Gasteiger partial charge in [0.1, 0.15) is 5.92 Å². The van der Waals surface area contributed by atoms with Crippen LogP contribution in [0.5, 0.6) is 0 Å². The summed E-state index contributed by atoms with van der Waals surface area (Å²) in [6, 6.07) is 10.6. The maximum atomic E-state index is 16.7. The molecule has 0 saturated heterocycles. The van der Waals surface area contributed by atoms with Crippen LogP contribution in [0.1, 0.15) is 35.0 Å². The molecule has 0 saturated carbocycles. The van der Waals surface area contributed by atoms with E-state index in [0.717, 1.165) is 11.3 Å². The lowest BCUT2D eigenvalue weighted by atomic mass is 9.90. The molecule has 0 radical (unpaired) electrons. The Morgan fingerprint density at radius 2 is 1.82 bits per heavy atom. The number of thiophene rings is 1. The third kappa shape index (κ3) is 4.38. The lowest BCUT2D eigenvalue weighted by Gasteiger charge is -2.35. The number of benzene rings is 1. The normalized spacial score (nSPS) is 15.0. The van der Waals surface area contributed by atoms with Crippen LogP contribution in [-0.2, 0) is 13.6 Å². The first-order chi connectivity index (χ1) is 13.3. The average Bonchev–Trinajstić information content (AvgIpc) is 3.20. The topological polar surface area (TPSA) is 95.7 Å². The molecular weight excluding hydrogens is 408 g/mol. The van der Waals surface area contributed by atoms with Crippen LogP contribution < -0.4 is 0 Å². The summed E-state index contributed by atoms with van der Waals surface area (Å²) in [4.78, 5) is 23.8. The Labute approximate surface area is 166 Å². The fourth-order valence-corrected chi connectivity index (χ4v) is 5.80. The molecule has 152 valence electrons. The molecule has 2 aromatic rings. The summed E-state index contributed by atoms with van der Waals surface area (Å²) in [7, 11) is -4.73. The number of halogens is 1. The van der Waals surface area contributed by atoms with E-state index in [1.807, 2.05) is 0 Å². The predicted molar refractivity (Wildman–Crippen MR) is 104 cm³/mol. The van der Waals surface area contributed by atoms with Crippen molar-refractivity contribution in [3.63, 3.8) is 0 Å². The number of ketones is 1. The smallest absolute Gasteiger partial charge is 0.306 e. The van der Waals surface area contributed by atoms with E-state index in [9.17, 15) is 19.5 Å². The largest absolute Gasteiger partial charge is 0.376 e. The number of rotatable bonds is 11. The molecule has 0 bridgehead atoms. The lowest BCUT2D eigenvalue weighted by molar-refractivity contribution is -0.485. The molecule has 2 rings (SSSR count). The van der Waals surface area contributed by atoms with Gasteiger partial charge in [-0.05, 0) is 30.9 Å². The van der Waals surface area contributed by atoms with Gasteiger partial charge in [-0.3, -0.25) is 19.5 Å². The van der Waals surface area contributed by atoms with Crippen molar-refractivity contribution in [2.45, 2.75) is 25.2 Å². The van der Waals surface area contributed by atoms with Crippen molar-refractivity contribution in [3.8, 4) is 0 Å². The zero-order chi connectivity index (χ0) is 20.8. The fraction of sp³-hybridized carbons (Fsp3) is 0.389. The molecular formula is C18H21FNO6PS. The zero-order valence-electron chi connectivity index (χ0n) is 15.4. The van der Waals surface area contributed by atoms with Crippen molar-refractivity contribution in [1.82, 2.24) is 0 Å². The van der Waals surface area contributed by atoms with Crippen molar-refractivity contribution >= 4 is 24.7 Å². The second-order valence-corrected chi connectivity index (χ2v) is 8.90. The number of nitro groups is 1. The van der Waals surface area contributed by atoms with Gasteiger partial charge in [0.25, 0.3) is 5.41 Å². The summed E-state index contributed by atoms with van der Waals surface area (Å²) in [6.45, 7) is 1.61. The van der Waals surface area contributed by atoms with Crippen molar-refractivity contribution in [2.75, 3.05) is 19.8 Å². The van der Waals surface area contributed by atoms with Gasteiger partial charge >= 0.3 is 7.60 Å². The maximum absolute atomic E-state index is 16.7. The van der Waals surface area contributed by atoms with Gasteiger partial charge in [0, 0.05) is 4.92 Å². The van der Waals surface area contributed by atoms with Gasteiger partial charge < -0.3 is 9.05 Å². The van der Waals surface area contributed by atoms with E-state index >= 15 is 4.39 Å². The van der Waals surface area contributed by atoms with E-state index in [4.69, 9.17) is 9.05 Å². The number of nitrogens with zero attached hydrogens (tertiary/aromatic N) is 1. The number of carbonyl (C=O) groups is 1. The molecule has 0 amide bonds. The van der Waals surface area contributed by atoms with Crippen molar-refractivity contribution in [1.29, 1.82) is 0 Å². The van der Waals surface area contributed by atoms with Gasteiger partial charge in [-0.25, -0.2) is 4.39 Å². The highest BCUT2D eigenvalue weighted by molar-refractivity contribution is 7.56. The molecule has 10 heteroatoms. The highest BCUT2D eigenvalue weighted by atomic mass is 32.1. The van der Waals surface area contributed by atoms with Gasteiger partial charge in [-0.2, -0.15) is 0 Å². The van der Waals surface area contributed by atoms with E-state index in [1.54, 1.807) is 23.6 Å². The number of hydrogen-bond acceptors (Lipinski definition) is 7. The second kappa shape index (κ2) is 9.52. The molecule has 0 aliphatic rings. The molecule has 28 heavy (non-hydrogen) atoms. The Kier molecular flexibility index (Phi) is 7.60. The van der Waals surface area contributed by atoms with Gasteiger partial charge in [0.2, 0.25) is 12.3 Å². The molecule has 0 unspecified atom stereocenters. The number of hydrogen-bond donors (Lipinski definition) is 0. The third-order valence-corrected chi connectivity index (χ3v) is 7.43. The summed E-state index contributed by atoms with van der Waals surface area (Å²) in [5, 5.41) is 9.64. The van der Waals surface area contributed by atoms with Gasteiger partial charge in [-0.1, -0.05) is 36.4 Å². The number of carbonyl (C=O) groups excluding carboxylic acids is 1. The number of Topliss-reactive ketones (excluding diaryl/α,β-unsaturated/α-hetero) is 1. The highest BCUT2D eigenvalue weighted by Crippen LogP contribution is 2.67. The van der Waals surface area contributed by atoms with E-state index in [0.29, 0.717) is 0 Å². The summed E-state index contributed by atoms with van der Waals surface area (Å²) >= 11 is 0.950. The molecule has 0 fully saturated rings. The zero-order valence-corrected chi connectivity index (χ0v) is 17.2. The monoisotopic (exact) mass is 429 g/mol. The van der Waals surface area contributed by atoms with E-state index in [-0.39, 0.29) is 23.7 Å². The van der Waals surface area contributed by atoms with Crippen molar-refractivity contribution in [3.05, 3.63) is 68.4 Å². The van der Waals surface area contributed by atoms with Gasteiger partial charge in [0.05, 0.1) is 18.1 Å². The molecule has 1 aromatic carbocycles. The SMILES string of the molecule is CCOP(=O)(OCC)[C@@](F)(C(=O)c1cccs1)[C@H](C[N+](=O)[O-])c1ccccc1. The highest BCUT2D eigenvalue weighted by Gasteiger charge is 2.65. The first-order valence-electron chi connectivity index (χ1n) is 8.63. The molecule has 7 nitrogen and oxygen atoms in total. The van der Waals surface area contributed by atoms with Crippen LogP contribution in [0, 0.1) is 10.1 Å². The molecule has 1 aromatic heterocycles. The second-order valence-electron chi connectivity index (χ2n) is 5.79. The molecule has 0 aliphatic heterocycles. The van der Waals surface area contributed by atoms with Crippen LogP contribution in [0.4, 0.5) is 4.39 Å². The Balaban J connectivity index is 2.75. The quantitative estimate of drug-likeness (QED) is 0.218. The summed E-state index contributed by atoms with van der Waals surface area (Å²) in [5.41, 5.74) is 0.159. The maximum Gasteiger partial charge on any atom is 0.376 e. The minimum atomic E-state index is -4.73. The molecule has 0 spiro atoms. The van der Waals surface area contributed by atoms with E-state index < -0.39 is 36.2 Å². The molecule has 0 N–H and O–H groups in total. The van der Waals surface area contributed by atoms with Crippen LogP contribution in [0.2, 0.25) is 0 Å². The molecule has 0 aliphatic carbocycles. The summed E-state index contributed by atoms with van der Waals surface area (Å²) < 4.78 is 40.5. The van der Waals surface area contributed by atoms with E-state index in [2.05, 4.69) is 0 Å². The van der Waals surface area contributed by atoms with Crippen LogP contribution in [-0.4, -0.2) is 35.9 Å². The van der Waals surface area contributed by atoms with Crippen molar-refractivity contribution in [2.24, 2.45) is 0 Å². The minimum absolute atomic E-state index is 0.0218. The predicted octanol–water partition coefficient (Wildman–Crippen LogP) is 4.92. The van der Waals surface area contributed by atoms with Crippen LogP contribution in [0.3, 0.4) is 0 Å². The fourth-order valence-electron chi connectivity index (χ4n) is 2.90. The summed E-state index contributed by atoms with van der Waals surface area (Å²) in [5.74, 6) is -2.81. The first-order valence-corrected chi connectivity index (χ1v) is 11.1. The minimum Gasteiger partial charge on any atom is -0.306 e. The van der Waals surface area contributed by atoms with Gasteiger partial charge in [-0.15, -0.1) is 11.3 Å². The Morgan fingerprint density at radius 3 is 2.29 bits per heavy atom. The van der Waals surface area contributed by atoms with Crippen molar-refractivity contribution < 1.29 is 27.7 Å².